The average molecular weight is 313 g/mol. The highest BCUT2D eigenvalue weighted by Gasteiger charge is 2.23. The van der Waals surface area contributed by atoms with Crippen molar-refractivity contribution in [3.8, 4) is 5.75 Å². The van der Waals surface area contributed by atoms with Gasteiger partial charge in [0.05, 0.1) is 11.0 Å². The van der Waals surface area contributed by atoms with Crippen LogP contribution in [0.4, 0.5) is 0 Å². The van der Waals surface area contributed by atoms with E-state index in [0.29, 0.717) is 0 Å². The Bertz CT molecular complexity index is 417. The van der Waals surface area contributed by atoms with E-state index in [1.807, 2.05) is 24.3 Å². The predicted octanol–water partition coefficient (Wildman–Crippen LogP) is 1.78. The number of carbonyl (C=O) groups is 1. The highest BCUT2D eigenvalue weighted by Crippen LogP contribution is 2.27. The molecule has 0 aliphatic carbocycles. The second-order valence-electron chi connectivity index (χ2n) is 4.33. The summed E-state index contributed by atoms with van der Waals surface area (Å²) in [6, 6.07) is 7.82. The highest BCUT2D eigenvalue weighted by atomic mass is 79.9. The summed E-state index contributed by atoms with van der Waals surface area (Å²) in [5, 5.41) is 0. The van der Waals surface area contributed by atoms with Crippen LogP contribution in [-0.2, 0) is 4.79 Å². The molecule has 2 N–H and O–H groups in total. The van der Waals surface area contributed by atoms with Gasteiger partial charge >= 0.3 is 0 Å². The zero-order chi connectivity index (χ0) is 13.0. The maximum atomic E-state index is 11.4. The zero-order valence-electron chi connectivity index (χ0n) is 10.1. The highest BCUT2D eigenvalue weighted by molar-refractivity contribution is 9.10. The van der Waals surface area contributed by atoms with Crippen LogP contribution < -0.4 is 10.5 Å². The lowest BCUT2D eigenvalue weighted by Crippen LogP contribution is -2.44. The molecule has 0 radical (unpaired) electrons. The Labute approximate surface area is 115 Å². The number of nitrogens with zero attached hydrogens (tertiary/aromatic N) is 1. The molecular formula is C13H17BrN2O2. The minimum absolute atomic E-state index is 0.0225. The molecule has 2 rings (SSSR count). The van der Waals surface area contributed by atoms with Gasteiger partial charge in [-0.05, 0) is 28.1 Å². The quantitative estimate of drug-likeness (QED) is 0.925. The van der Waals surface area contributed by atoms with Crippen molar-refractivity contribution in [1.82, 2.24) is 4.90 Å². The molecule has 4 nitrogen and oxygen atoms in total. The largest absolute Gasteiger partial charge is 0.489 e. The van der Waals surface area contributed by atoms with Gasteiger partial charge < -0.3 is 15.4 Å². The summed E-state index contributed by atoms with van der Waals surface area (Å²) in [7, 11) is 0. The second kappa shape index (κ2) is 6.20. The fourth-order valence-corrected chi connectivity index (χ4v) is 2.45. The summed E-state index contributed by atoms with van der Waals surface area (Å²) < 4.78 is 6.90. The summed E-state index contributed by atoms with van der Waals surface area (Å²) in [6.07, 6.45) is 1.88. The molecule has 1 aliphatic rings. The number of halogens is 1. The van der Waals surface area contributed by atoms with E-state index in [1.54, 1.807) is 4.90 Å². The standard InChI is InChI=1S/C13H17BrN2O2/c14-11-3-1-2-4-12(11)18-10-5-7-16(8-6-10)13(17)9-15/h1-4,10H,5-9,15H2. The first kappa shape index (κ1) is 13.4. The van der Waals surface area contributed by atoms with Crippen molar-refractivity contribution >= 4 is 21.8 Å². The van der Waals surface area contributed by atoms with E-state index in [1.165, 1.54) is 0 Å². The molecule has 98 valence electrons. The van der Waals surface area contributed by atoms with E-state index in [9.17, 15) is 4.79 Å². The summed E-state index contributed by atoms with van der Waals surface area (Å²) in [5.41, 5.74) is 5.35. The molecule has 1 aromatic carbocycles. The molecule has 0 spiro atoms. The number of nitrogens with two attached hydrogens (primary N) is 1. The van der Waals surface area contributed by atoms with Crippen LogP contribution >= 0.6 is 15.9 Å². The number of rotatable bonds is 3. The summed E-state index contributed by atoms with van der Waals surface area (Å²) in [4.78, 5) is 13.2. The topological polar surface area (TPSA) is 55.6 Å². The summed E-state index contributed by atoms with van der Waals surface area (Å²) in [5.74, 6) is 0.885. The van der Waals surface area contributed by atoms with Crippen LogP contribution in [0.3, 0.4) is 0 Å². The maximum Gasteiger partial charge on any atom is 0.236 e. The van der Waals surface area contributed by atoms with E-state index in [4.69, 9.17) is 10.5 Å². The SMILES string of the molecule is NCC(=O)N1CCC(Oc2ccccc2Br)CC1. The lowest BCUT2D eigenvalue weighted by molar-refractivity contribution is -0.131. The first-order valence-corrected chi connectivity index (χ1v) is 6.89. The van der Waals surface area contributed by atoms with Crippen molar-refractivity contribution in [3.63, 3.8) is 0 Å². The summed E-state index contributed by atoms with van der Waals surface area (Å²) >= 11 is 3.46. The Hall–Kier alpha value is -1.07. The van der Waals surface area contributed by atoms with Crippen molar-refractivity contribution in [3.05, 3.63) is 28.7 Å². The van der Waals surface area contributed by atoms with Gasteiger partial charge in [0.1, 0.15) is 11.9 Å². The van der Waals surface area contributed by atoms with E-state index in [-0.39, 0.29) is 18.6 Å². The van der Waals surface area contributed by atoms with Gasteiger partial charge in [-0.2, -0.15) is 0 Å². The molecule has 1 saturated heterocycles. The van der Waals surface area contributed by atoms with Crippen molar-refractivity contribution in [2.24, 2.45) is 5.73 Å². The van der Waals surface area contributed by atoms with Crippen LogP contribution in [0, 0.1) is 0 Å². The Morgan fingerprint density at radius 1 is 1.39 bits per heavy atom. The molecule has 0 aromatic heterocycles. The molecule has 0 unspecified atom stereocenters. The number of amides is 1. The maximum absolute atomic E-state index is 11.4. The first-order chi connectivity index (χ1) is 8.70. The summed E-state index contributed by atoms with van der Waals surface area (Å²) in [6.45, 7) is 1.55. The van der Waals surface area contributed by atoms with Gasteiger partial charge in [-0.1, -0.05) is 12.1 Å². The molecule has 1 heterocycles. The average Bonchev–Trinajstić information content (AvgIpc) is 2.41. The number of benzene rings is 1. The Kier molecular flexibility index (Phi) is 4.60. The number of ether oxygens (including phenoxy) is 1. The van der Waals surface area contributed by atoms with Crippen molar-refractivity contribution < 1.29 is 9.53 Å². The Morgan fingerprint density at radius 2 is 2.06 bits per heavy atom. The Morgan fingerprint density at radius 3 is 2.67 bits per heavy atom. The van der Waals surface area contributed by atoms with Gasteiger partial charge in [0.25, 0.3) is 0 Å². The molecule has 5 heteroatoms. The lowest BCUT2D eigenvalue weighted by atomic mass is 10.1. The molecule has 1 aliphatic heterocycles. The van der Waals surface area contributed by atoms with Gasteiger partial charge in [-0.15, -0.1) is 0 Å². The molecule has 0 bridgehead atoms. The van der Waals surface area contributed by atoms with Gasteiger partial charge in [0.15, 0.2) is 0 Å². The monoisotopic (exact) mass is 312 g/mol. The number of piperidine rings is 1. The fraction of sp³-hybridized carbons (Fsp3) is 0.462. The first-order valence-electron chi connectivity index (χ1n) is 6.09. The molecule has 1 aromatic rings. The molecule has 1 fully saturated rings. The second-order valence-corrected chi connectivity index (χ2v) is 5.19. The molecule has 1 amide bonds. The third-order valence-electron chi connectivity index (χ3n) is 3.10. The predicted molar refractivity (Wildman–Crippen MR) is 73.4 cm³/mol. The van der Waals surface area contributed by atoms with E-state index in [2.05, 4.69) is 15.9 Å². The number of hydrogen-bond acceptors (Lipinski definition) is 3. The van der Waals surface area contributed by atoms with Crippen molar-refractivity contribution in [2.75, 3.05) is 19.6 Å². The minimum atomic E-state index is 0.0225. The smallest absolute Gasteiger partial charge is 0.236 e. The van der Waals surface area contributed by atoms with Gasteiger partial charge in [0, 0.05) is 25.9 Å². The molecule has 0 atom stereocenters. The van der Waals surface area contributed by atoms with E-state index < -0.39 is 0 Å². The lowest BCUT2D eigenvalue weighted by Gasteiger charge is -2.32. The minimum Gasteiger partial charge on any atom is -0.489 e. The van der Waals surface area contributed by atoms with Crippen LogP contribution in [0.15, 0.2) is 28.7 Å². The molecule has 0 saturated carbocycles. The van der Waals surface area contributed by atoms with Gasteiger partial charge in [-0.3, -0.25) is 4.79 Å². The Balaban J connectivity index is 1.87. The van der Waals surface area contributed by atoms with Gasteiger partial charge in [0.2, 0.25) is 5.91 Å². The van der Waals surface area contributed by atoms with Gasteiger partial charge in [-0.25, -0.2) is 0 Å². The third kappa shape index (κ3) is 3.23. The number of carbonyl (C=O) groups excluding carboxylic acids is 1. The molecular weight excluding hydrogens is 296 g/mol. The van der Waals surface area contributed by atoms with E-state index >= 15 is 0 Å². The van der Waals surface area contributed by atoms with Crippen molar-refractivity contribution in [1.29, 1.82) is 0 Å². The van der Waals surface area contributed by atoms with Crippen LogP contribution in [-0.4, -0.2) is 36.5 Å². The van der Waals surface area contributed by atoms with Crippen LogP contribution in [0.25, 0.3) is 0 Å². The number of likely N-dealkylation sites (tertiary alicyclic amines) is 1. The van der Waals surface area contributed by atoms with Crippen LogP contribution in [0.2, 0.25) is 0 Å². The van der Waals surface area contributed by atoms with E-state index in [0.717, 1.165) is 36.2 Å². The fourth-order valence-electron chi connectivity index (χ4n) is 2.07. The van der Waals surface area contributed by atoms with Crippen LogP contribution in [0.5, 0.6) is 5.75 Å². The zero-order valence-corrected chi connectivity index (χ0v) is 11.7. The van der Waals surface area contributed by atoms with Crippen LogP contribution in [0.1, 0.15) is 12.8 Å². The normalized spacial score (nSPS) is 16.7. The third-order valence-corrected chi connectivity index (χ3v) is 3.75. The van der Waals surface area contributed by atoms with Crippen molar-refractivity contribution in [2.45, 2.75) is 18.9 Å². The number of hydrogen-bond donors (Lipinski definition) is 1. The number of para-hydroxylation sites is 1. The molecule has 18 heavy (non-hydrogen) atoms.